The minimum atomic E-state index is -0.00693. The smallest absolute Gasteiger partial charge is 0.266 e. The first kappa shape index (κ1) is 14.8. The van der Waals surface area contributed by atoms with Crippen molar-refractivity contribution in [2.24, 2.45) is 0 Å². The zero-order chi connectivity index (χ0) is 19.6. The molecule has 4 aromatic carbocycles. The van der Waals surface area contributed by atoms with Gasteiger partial charge in [-0.3, -0.25) is 0 Å². The second-order valence-corrected chi connectivity index (χ2v) is 8.02. The van der Waals surface area contributed by atoms with Crippen LogP contribution >= 0.6 is 0 Å². The van der Waals surface area contributed by atoms with Crippen molar-refractivity contribution < 1.29 is 9.47 Å². The Morgan fingerprint density at radius 1 is 0.767 bits per heavy atom. The zero-order valence-corrected chi connectivity index (χ0v) is 15.6. The minimum Gasteiger partial charge on any atom is -0.458 e. The molecule has 5 aromatic rings. The predicted molar refractivity (Wildman–Crippen MR) is 117 cm³/mol. The van der Waals surface area contributed by atoms with Gasteiger partial charge in [0, 0.05) is 21.9 Å². The van der Waals surface area contributed by atoms with E-state index in [2.05, 4.69) is 47.0 Å². The van der Waals surface area contributed by atoms with Crippen LogP contribution in [-0.4, -0.2) is 11.3 Å². The molecule has 3 aliphatic rings. The van der Waals surface area contributed by atoms with Crippen LogP contribution in [-0.2, 0) is 0 Å². The predicted octanol–water partition coefficient (Wildman–Crippen LogP) is 3.70. The number of ether oxygens (including phenoxy) is 2. The van der Waals surface area contributed by atoms with Gasteiger partial charge in [-0.2, -0.15) is 5.26 Å². The maximum atomic E-state index is 9.98. The summed E-state index contributed by atoms with van der Waals surface area (Å²) in [4.78, 5) is 0. The lowest BCUT2D eigenvalue weighted by Crippen LogP contribution is -2.60. The fourth-order valence-electron chi connectivity index (χ4n) is 5.60. The lowest BCUT2D eigenvalue weighted by molar-refractivity contribution is 0.463. The molecule has 8 rings (SSSR count). The second kappa shape index (κ2) is 4.69. The molecule has 0 fully saturated rings. The van der Waals surface area contributed by atoms with E-state index >= 15 is 0 Å². The number of fused-ring (bicyclic) bond motifs is 4. The van der Waals surface area contributed by atoms with Crippen molar-refractivity contribution in [1.82, 2.24) is 4.57 Å². The summed E-state index contributed by atoms with van der Waals surface area (Å²) in [7, 11) is 0. The fraction of sp³-hybridized carbons (Fsp3) is 0. The van der Waals surface area contributed by atoms with E-state index in [4.69, 9.17) is 9.47 Å². The number of aromatic nitrogens is 1. The van der Waals surface area contributed by atoms with Gasteiger partial charge in [0.05, 0.1) is 16.6 Å². The molecule has 1 aromatic heterocycles. The van der Waals surface area contributed by atoms with E-state index in [-0.39, 0.29) is 6.71 Å². The van der Waals surface area contributed by atoms with Gasteiger partial charge in [-0.1, -0.05) is 30.3 Å². The first-order valence-corrected chi connectivity index (χ1v) is 9.97. The lowest BCUT2D eigenvalue weighted by Gasteiger charge is -2.37. The highest BCUT2D eigenvalue weighted by Crippen LogP contribution is 2.43. The molecule has 4 heterocycles. The second-order valence-electron chi connectivity index (χ2n) is 8.02. The molecule has 3 aliphatic heterocycles. The Hall–Kier alpha value is -4.17. The summed E-state index contributed by atoms with van der Waals surface area (Å²) in [5.74, 6) is 3.14. The Bertz CT molecular complexity index is 1680. The van der Waals surface area contributed by atoms with Crippen molar-refractivity contribution >= 4 is 44.9 Å². The summed E-state index contributed by atoms with van der Waals surface area (Å²) in [5.41, 5.74) is 7.23. The number of nitriles is 1. The first-order valence-electron chi connectivity index (χ1n) is 9.97. The summed E-state index contributed by atoms with van der Waals surface area (Å²) in [6, 6.07) is 24.9. The van der Waals surface area contributed by atoms with Crippen LogP contribution in [0.3, 0.4) is 0 Å². The molecule has 0 unspecified atom stereocenters. The first-order chi connectivity index (χ1) is 14.8. The average molecular weight is 382 g/mol. The molecule has 0 N–H and O–H groups in total. The average Bonchev–Trinajstić information content (AvgIpc) is 3.12. The Kier molecular flexibility index (Phi) is 2.31. The molecule has 136 valence electrons. The molecule has 0 saturated heterocycles. The highest BCUT2D eigenvalue weighted by molar-refractivity contribution is 7.00. The van der Waals surface area contributed by atoms with Gasteiger partial charge in [-0.15, -0.1) is 0 Å². The maximum Gasteiger partial charge on any atom is 0.266 e. The van der Waals surface area contributed by atoms with Crippen LogP contribution in [0.15, 0.2) is 66.7 Å². The van der Waals surface area contributed by atoms with Gasteiger partial charge in [0.25, 0.3) is 6.71 Å². The SMILES string of the molecule is N#Cc1cc2c3ccccc3n3c2c2c1Oc1cccc4c1B2c1c(cccc1-3)O4. The van der Waals surface area contributed by atoms with Gasteiger partial charge >= 0.3 is 0 Å². The standard InChI is InChI=1S/C25H11BN2O2/c27-12-13-11-15-14-5-1-2-6-16(14)28-17-7-3-8-18-21(17)26-22-19(29-18)9-4-10-20(22)30-25(13)23(26)24(15)28/h1-11H. The summed E-state index contributed by atoms with van der Waals surface area (Å²) in [5, 5.41) is 12.2. The Labute approximate surface area is 171 Å². The Morgan fingerprint density at radius 2 is 1.53 bits per heavy atom. The van der Waals surface area contributed by atoms with Crippen LogP contribution in [0.1, 0.15) is 5.56 Å². The van der Waals surface area contributed by atoms with Gasteiger partial charge < -0.3 is 14.0 Å². The van der Waals surface area contributed by atoms with Crippen LogP contribution in [0.2, 0.25) is 0 Å². The van der Waals surface area contributed by atoms with E-state index in [9.17, 15) is 5.26 Å². The number of para-hydroxylation sites is 1. The van der Waals surface area contributed by atoms with Crippen molar-refractivity contribution in [3.05, 3.63) is 72.3 Å². The van der Waals surface area contributed by atoms with E-state index in [0.29, 0.717) is 11.3 Å². The molecule has 5 heteroatoms. The molecule has 0 radical (unpaired) electrons. The van der Waals surface area contributed by atoms with E-state index in [1.54, 1.807) is 0 Å². The van der Waals surface area contributed by atoms with Gasteiger partial charge in [0.1, 0.15) is 29.1 Å². The number of hydrogen-bond donors (Lipinski definition) is 0. The molecule has 0 atom stereocenters. The van der Waals surface area contributed by atoms with Crippen LogP contribution in [0.4, 0.5) is 0 Å². The molecule has 0 saturated carbocycles. The quantitative estimate of drug-likeness (QED) is 0.376. The third-order valence-corrected chi connectivity index (χ3v) is 6.68. The largest absolute Gasteiger partial charge is 0.458 e. The van der Waals surface area contributed by atoms with Gasteiger partial charge in [-0.05, 0) is 47.3 Å². The van der Waals surface area contributed by atoms with Crippen LogP contribution < -0.4 is 25.9 Å². The van der Waals surface area contributed by atoms with Crippen molar-refractivity contribution in [2.75, 3.05) is 0 Å². The third-order valence-electron chi connectivity index (χ3n) is 6.68. The fourth-order valence-corrected chi connectivity index (χ4v) is 5.60. The lowest BCUT2D eigenvalue weighted by atomic mass is 9.33. The van der Waals surface area contributed by atoms with Crippen molar-refractivity contribution in [2.45, 2.75) is 0 Å². The van der Waals surface area contributed by atoms with E-state index in [1.807, 2.05) is 30.3 Å². The van der Waals surface area contributed by atoms with E-state index in [0.717, 1.165) is 61.1 Å². The molecular formula is C25H11BN2O2. The Balaban J connectivity index is 1.71. The van der Waals surface area contributed by atoms with Crippen molar-refractivity contribution in [1.29, 1.82) is 5.26 Å². The highest BCUT2D eigenvalue weighted by atomic mass is 16.5. The highest BCUT2D eigenvalue weighted by Gasteiger charge is 2.46. The molecule has 30 heavy (non-hydrogen) atoms. The monoisotopic (exact) mass is 382 g/mol. The summed E-state index contributed by atoms with van der Waals surface area (Å²) in [6.07, 6.45) is 0. The van der Waals surface area contributed by atoms with Gasteiger partial charge in [-0.25, -0.2) is 0 Å². The van der Waals surface area contributed by atoms with Gasteiger partial charge in [0.15, 0.2) is 0 Å². The maximum absolute atomic E-state index is 9.98. The normalized spacial score (nSPS) is 13.8. The number of benzene rings is 4. The molecule has 0 spiro atoms. The molecular weight excluding hydrogens is 371 g/mol. The molecule has 4 nitrogen and oxygen atoms in total. The number of hydrogen-bond acceptors (Lipinski definition) is 3. The summed E-state index contributed by atoms with van der Waals surface area (Å²) >= 11 is 0. The van der Waals surface area contributed by atoms with Crippen LogP contribution in [0.25, 0.3) is 27.5 Å². The Morgan fingerprint density at radius 3 is 2.40 bits per heavy atom. The topological polar surface area (TPSA) is 47.2 Å². The van der Waals surface area contributed by atoms with Crippen LogP contribution in [0, 0.1) is 11.3 Å². The third kappa shape index (κ3) is 1.44. The zero-order valence-electron chi connectivity index (χ0n) is 15.6. The molecule has 0 amide bonds. The number of nitrogens with zero attached hydrogens (tertiary/aromatic N) is 2. The molecule has 0 aliphatic carbocycles. The minimum absolute atomic E-state index is 0.00693. The van der Waals surface area contributed by atoms with E-state index in [1.165, 1.54) is 0 Å². The molecule has 0 bridgehead atoms. The summed E-state index contributed by atoms with van der Waals surface area (Å²) < 4.78 is 15.0. The number of rotatable bonds is 0. The van der Waals surface area contributed by atoms with Crippen molar-refractivity contribution in [3.8, 4) is 34.8 Å². The van der Waals surface area contributed by atoms with Crippen LogP contribution in [0.5, 0.6) is 23.0 Å². The summed E-state index contributed by atoms with van der Waals surface area (Å²) in [6.45, 7) is -0.00693. The van der Waals surface area contributed by atoms with Gasteiger partial charge in [0.2, 0.25) is 0 Å². The van der Waals surface area contributed by atoms with Crippen molar-refractivity contribution in [3.63, 3.8) is 0 Å². The van der Waals surface area contributed by atoms with E-state index < -0.39 is 0 Å².